The first-order valence-corrected chi connectivity index (χ1v) is 6.83. The number of nitrogens with zero attached hydrogens (tertiary/aromatic N) is 1. The van der Waals surface area contributed by atoms with Crippen molar-refractivity contribution >= 4 is 5.91 Å². The maximum atomic E-state index is 13.4. The highest BCUT2D eigenvalue weighted by Crippen LogP contribution is 2.18. The van der Waals surface area contributed by atoms with E-state index in [1.165, 1.54) is 29.0 Å². The lowest BCUT2D eigenvalue weighted by Gasteiger charge is -2.16. The molecule has 0 saturated heterocycles. The van der Waals surface area contributed by atoms with Gasteiger partial charge in [0.05, 0.1) is 12.6 Å². The van der Waals surface area contributed by atoms with Gasteiger partial charge in [0.15, 0.2) is 11.6 Å². The maximum Gasteiger partial charge on any atom is 0.263 e. The van der Waals surface area contributed by atoms with Crippen LogP contribution in [0.5, 0.6) is 0 Å². The third-order valence-corrected chi connectivity index (χ3v) is 3.41. The number of halogens is 2. The summed E-state index contributed by atoms with van der Waals surface area (Å²) in [7, 11) is 0. The first-order chi connectivity index (χ1) is 11.0. The number of rotatable bonds is 4. The average molecular weight is 316 g/mol. The van der Waals surface area contributed by atoms with E-state index in [4.69, 9.17) is 6.42 Å². The zero-order chi connectivity index (χ0) is 17.0. The summed E-state index contributed by atoms with van der Waals surface area (Å²) in [5, 5.41) is 2.41. The minimum absolute atomic E-state index is 0.00585. The third kappa shape index (κ3) is 3.46. The number of aromatic nitrogens is 1. The van der Waals surface area contributed by atoms with E-state index in [0.717, 1.165) is 12.1 Å². The molecule has 1 amide bonds. The molecule has 0 radical (unpaired) electrons. The molecule has 1 unspecified atom stereocenters. The molecule has 0 spiro atoms. The van der Waals surface area contributed by atoms with Crippen LogP contribution in [0.1, 0.15) is 28.9 Å². The SMILES string of the molecule is C#CCNC(=O)c1cccn(C(C)c2ccc(F)c(F)c2)c1=O. The average Bonchev–Trinajstić information content (AvgIpc) is 2.54. The van der Waals surface area contributed by atoms with Gasteiger partial charge in [-0.05, 0) is 36.8 Å². The molecule has 2 aromatic rings. The van der Waals surface area contributed by atoms with Crippen molar-refractivity contribution in [2.75, 3.05) is 6.54 Å². The smallest absolute Gasteiger partial charge is 0.263 e. The highest BCUT2D eigenvalue weighted by Gasteiger charge is 2.16. The lowest BCUT2D eigenvalue weighted by molar-refractivity contribution is 0.0956. The van der Waals surface area contributed by atoms with Crippen molar-refractivity contribution in [3.63, 3.8) is 0 Å². The Balaban J connectivity index is 2.40. The van der Waals surface area contributed by atoms with Crippen LogP contribution in [0.4, 0.5) is 8.78 Å². The highest BCUT2D eigenvalue weighted by atomic mass is 19.2. The van der Waals surface area contributed by atoms with Crippen LogP contribution >= 0.6 is 0 Å². The summed E-state index contributed by atoms with van der Waals surface area (Å²) in [6, 6.07) is 5.75. The molecule has 4 nitrogen and oxygen atoms in total. The van der Waals surface area contributed by atoms with E-state index in [1.54, 1.807) is 6.92 Å². The fraction of sp³-hybridized carbons (Fsp3) is 0.176. The van der Waals surface area contributed by atoms with Gasteiger partial charge >= 0.3 is 0 Å². The molecule has 2 rings (SSSR count). The van der Waals surface area contributed by atoms with Gasteiger partial charge in [0.2, 0.25) is 0 Å². The standard InChI is InChI=1S/C17H14F2N2O2/c1-3-8-20-16(22)13-5-4-9-21(17(13)23)11(2)12-6-7-14(18)15(19)10-12/h1,4-7,9-11H,8H2,2H3,(H,20,22). The number of pyridine rings is 1. The molecule has 1 heterocycles. The summed E-state index contributed by atoms with van der Waals surface area (Å²) in [6.07, 6.45) is 6.54. The minimum Gasteiger partial charge on any atom is -0.341 e. The Hall–Kier alpha value is -2.94. The molecular weight excluding hydrogens is 302 g/mol. The second kappa shape index (κ2) is 6.88. The molecule has 1 aromatic heterocycles. The summed E-state index contributed by atoms with van der Waals surface area (Å²) in [6.45, 7) is 1.66. The van der Waals surface area contributed by atoms with Crippen LogP contribution in [-0.4, -0.2) is 17.0 Å². The van der Waals surface area contributed by atoms with Crippen molar-refractivity contribution in [1.82, 2.24) is 9.88 Å². The summed E-state index contributed by atoms with van der Waals surface area (Å²) in [5.41, 5.74) is -0.205. The molecule has 0 bridgehead atoms. The Morgan fingerprint density at radius 1 is 1.35 bits per heavy atom. The Morgan fingerprint density at radius 3 is 2.74 bits per heavy atom. The third-order valence-electron chi connectivity index (χ3n) is 3.41. The summed E-state index contributed by atoms with van der Waals surface area (Å²) < 4.78 is 27.7. The lowest BCUT2D eigenvalue weighted by atomic mass is 10.1. The number of carbonyl (C=O) groups excluding carboxylic acids is 1. The predicted octanol–water partition coefficient (Wildman–Crippen LogP) is 2.10. The zero-order valence-electron chi connectivity index (χ0n) is 12.3. The van der Waals surface area contributed by atoms with Crippen molar-refractivity contribution in [3.05, 3.63) is 69.6 Å². The van der Waals surface area contributed by atoms with Gasteiger partial charge in [-0.1, -0.05) is 12.0 Å². The van der Waals surface area contributed by atoms with Crippen molar-refractivity contribution in [2.24, 2.45) is 0 Å². The van der Waals surface area contributed by atoms with Gasteiger partial charge in [0.25, 0.3) is 11.5 Å². The second-order valence-corrected chi connectivity index (χ2v) is 4.87. The van der Waals surface area contributed by atoms with Gasteiger partial charge < -0.3 is 9.88 Å². The van der Waals surface area contributed by atoms with Crippen molar-refractivity contribution < 1.29 is 13.6 Å². The number of amides is 1. The van der Waals surface area contributed by atoms with Crippen LogP contribution in [0.3, 0.4) is 0 Å². The molecule has 0 aliphatic heterocycles. The van der Waals surface area contributed by atoms with Crippen LogP contribution in [0.2, 0.25) is 0 Å². The molecule has 0 saturated carbocycles. The molecule has 6 heteroatoms. The van der Waals surface area contributed by atoms with Crippen LogP contribution in [0, 0.1) is 24.0 Å². The van der Waals surface area contributed by atoms with Gasteiger partial charge in [0.1, 0.15) is 5.56 Å². The van der Waals surface area contributed by atoms with E-state index in [9.17, 15) is 18.4 Å². The molecular formula is C17H14F2N2O2. The molecule has 0 aliphatic carbocycles. The Kier molecular flexibility index (Phi) is 4.91. The van der Waals surface area contributed by atoms with E-state index in [0.29, 0.717) is 5.56 Å². The quantitative estimate of drug-likeness (QED) is 0.878. The number of carbonyl (C=O) groups is 1. The Bertz CT molecular complexity index is 837. The van der Waals surface area contributed by atoms with Crippen LogP contribution < -0.4 is 10.9 Å². The van der Waals surface area contributed by atoms with Crippen LogP contribution in [0.25, 0.3) is 0 Å². The van der Waals surface area contributed by atoms with Crippen LogP contribution in [0.15, 0.2) is 41.3 Å². The van der Waals surface area contributed by atoms with Gasteiger partial charge in [-0.2, -0.15) is 0 Å². The topological polar surface area (TPSA) is 51.1 Å². The minimum atomic E-state index is -0.995. The molecule has 0 fully saturated rings. The zero-order valence-corrected chi connectivity index (χ0v) is 12.3. The van der Waals surface area contributed by atoms with Gasteiger partial charge in [-0.3, -0.25) is 9.59 Å². The van der Waals surface area contributed by atoms with Crippen molar-refractivity contribution in [2.45, 2.75) is 13.0 Å². The van der Waals surface area contributed by atoms with E-state index >= 15 is 0 Å². The van der Waals surface area contributed by atoms with Crippen molar-refractivity contribution in [1.29, 1.82) is 0 Å². The predicted molar refractivity (Wildman–Crippen MR) is 82.0 cm³/mol. The van der Waals surface area contributed by atoms with Gasteiger partial charge in [-0.25, -0.2) is 8.78 Å². The number of benzene rings is 1. The molecule has 1 aromatic carbocycles. The largest absolute Gasteiger partial charge is 0.341 e. The summed E-state index contributed by atoms with van der Waals surface area (Å²) in [4.78, 5) is 24.3. The number of hydrogen-bond acceptors (Lipinski definition) is 2. The summed E-state index contributed by atoms with van der Waals surface area (Å²) >= 11 is 0. The Labute approximate surface area is 131 Å². The molecule has 0 aliphatic rings. The molecule has 1 atom stereocenters. The fourth-order valence-corrected chi connectivity index (χ4v) is 2.15. The van der Waals surface area contributed by atoms with Crippen LogP contribution in [-0.2, 0) is 0 Å². The van der Waals surface area contributed by atoms with E-state index in [-0.39, 0.29) is 12.1 Å². The fourth-order valence-electron chi connectivity index (χ4n) is 2.15. The van der Waals surface area contributed by atoms with E-state index in [2.05, 4.69) is 11.2 Å². The van der Waals surface area contributed by atoms with Gasteiger partial charge in [0, 0.05) is 6.20 Å². The Morgan fingerprint density at radius 2 is 2.09 bits per heavy atom. The monoisotopic (exact) mass is 316 g/mol. The molecule has 23 heavy (non-hydrogen) atoms. The second-order valence-electron chi connectivity index (χ2n) is 4.87. The normalized spacial score (nSPS) is 11.6. The molecule has 118 valence electrons. The maximum absolute atomic E-state index is 13.4. The first kappa shape index (κ1) is 16.4. The first-order valence-electron chi connectivity index (χ1n) is 6.83. The molecule has 1 N–H and O–H groups in total. The highest BCUT2D eigenvalue weighted by molar-refractivity contribution is 5.93. The summed E-state index contributed by atoms with van der Waals surface area (Å²) in [5.74, 6) is -0.296. The lowest BCUT2D eigenvalue weighted by Crippen LogP contribution is -2.34. The number of hydrogen-bond donors (Lipinski definition) is 1. The van der Waals surface area contributed by atoms with E-state index < -0.39 is 29.1 Å². The van der Waals surface area contributed by atoms with Gasteiger partial charge in [-0.15, -0.1) is 6.42 Å². The number of terminal acetylenes is 1. The number of nitrogens with one attached hydrogen (secondary N) is 1. The van der Waals surface area contributed by atoms with Crippen molar-refractivity contribution in [3.8, 4) is 12.3 Å². The van der Waals surface area contributed by atoms with E-state index in [1.807, 2.05) is 0 Å².